The molecule has 0 aliphatic rings. The molecule has 0 radical (unpaired) electrons. The number of rotatable bonds is 6. The van der Waals surface area contributed by atoms with Gasteiger partial charge in [-0.25, -0.2) is 4.98 Å². The molecule has 2 aromatic rings. The lowest BCUT2D eigenvalue weighted by Crippen LogP contribution is -2.23. The summed E-state index contributed by atoms with van der Waals surface area (Å²) in [5, 5.41) is 4.56. The molecule has 0 fully saturated rings. The van der Waals surface area contributed by atoms with Crippen molar-refractivity contribution in [3.05, 3.63) is 40.1 Å². The predicted octanol–water partition coefficient (Wildman–Crippen LogP) is 2.17. The highest BCUT2D eigenvalue weighted by Gasteiger charge is 2.12. The quantitative estimate of drug-likeness (QED) is 0.818. The maximum Gasteiger partial charge on any atom is 0.299 e. The van der Waals surface area contributed by atoms with E-state index in [1.165, 1.54) is 17.7 Å². The topological polar surface area (TPSA) is 61.9 Å². The molecular weight excluding hydrogens is 268 g/mol. The third-order valence-corrected chi connectivity index (χ3v) is 3.58. The SMILES string of the molecule is CCC(CC)n1ccc(Cn2c(OC)nc(C)cc2=O)n1. The van der Waals surface area contributed by atoms with Crippen LogP contribution in [0.25, 0.3) is 0 Å². The average Bonchev–Trinajstić information content (AvgIpc) is 2.91. The van der Waals surface area contributed by atoms with Crippen molar-refractivity contribution in [3.63, 3.8) is 0 Å². The monoisotopic (exact) mass is 290 g/mol. The van der Waals surface area contributed by atoms with Gasteiger partial charge in [-0.3, -0.25) is 14.0 Å². The predicted molar refractivity (Wildman–Crippen MR) is 80.7 cm³/mol. The standard InChI is InChI=1S/C15H22N4O2/c1-5-13(6-2)19-8-7-12(17-19)10-18-14(20)9-11(3)16-15(18)21-4/h7-9,13H,5-6,10H2,1-4H3. The van der Waals surface area contributed by atoms with Crippen LogP contribution in [0.5, 0.6) is 6.01 Å². The second kappa shape index (κ2) is 6.56. The van der Waals surface area contributed by atoms with Gasteiger partial charge in [-0.15, -0.1) is 0 Å². The number of ether oxygens (including phenoxy) is 1. The van der Waals surface area contributed by atoms with Gasteiger partial charge in [0.05, 0.1) is 25.4 Å². The van der Waals surface area contributed by atoms with Gasteiger partial charge in [-0.05, 0) is 25.8 Å². The van der Waals surface area contributed by atoms with E-state index in [4.69, 9.17) is 4.74 Å². The molecule has 114 valence electrons. The van der Waals surface area contributed by atoms with Crippen LogP contribution in [0.2, 0.25) is 0 Å². The molecule has 21 heavy (non-hydrogen) atoms. The molecule has 2 heterocycles. The Labute approximate surface area is 124 Å². The van der Waals surface area contributed by atoms with E-state index in [0.717, 1.165) is 18.5 Å². The number of aryl methyl sites for hydroxylation is 1. The van der Waals surface area contributed by atoms with Crippen LogP contribution in [0, 0.1) is 6.92 Å². The first-order valence-corrected chi connectivity index (χ1v) is 7.25. The molecule has 0 saturated heterocycles. The van der Waals surface area contributed by atoms with E-state index >= 15 is 0 Å². The van der Waals surface area contributed by atoms with Crippen molar-refractivity contribution in [2.45, 2.75) is 46.2 Å². The van der Waals surface area contributed by atoms with Crippen LogP contribution in [0.15, 0.2) is 23.1 Å². The summed E-state index contributed by atoms with van der Waals surface area (Å²) in [6, 6.07) is 4.15. The normalized spacial score (nSPS) is 11.1. The van der Waals surface area contributed by atoms with Crippen molar-refractivity contribution >= 4 is 0 Å². The van der Waals surface area contributed by atoms with E-state index in [2.05, 4.69) is 23.9 Å². The minimum absolute atomic E-state index is 0.128. The molecule has 0 atom stereocenters. The fraction of sp³-hybridized carbons (Fsp3) is 0.533. The van der Waals surface area contributed by atoms with Crippen LogP contribution < -0.4 is 10.3 Å². The second-order valence-electron chi connectivity index (χ2n) is 5.07. The first-order chi connectivity index (χ1) is 10.1. The van der Waals surface area contributed by atoms with Crippen LogP contribution in [0.3, 0.4) is 0 Å². The smallest absolute Gasteiger partial charge is 0.299 e. The van der Waals surface area contributed by atoms with E-state index in [0.29, 0.717) is 24.3 Å². The first-order valence-electron chi connectivity index (χ1n) is 7.25. The summed E-state index contributed by atoms with van der Waals surface area (Å²) in [5.74, 6) is 0. The van der Waals surface area contributed by atoms with Gasteiger partial charge in [-0.2, -0.15) is 5.10 Å². The van der Waals surface area contributed by atoms with Crippen LogP contribution in [-0.4, -0.2) is 26.4 Å². The van der Waals surface area contributed by atoms with E-state index in [1.807, 2.05) is 16.9 Å². The van der Waals surface area contributed by atoms with Gasteiger partial charge in [0, 0.05) is 18.0 Å². The highest BCUT2D eigenvalue weighted by Crippen LogP contribution is 2.15. The lowest BCUT2D eigenvalue weighted by atomic mass is 10.2. The van der Waals surface area contributed by atoms with E-state index in [9.17, 15) is 4.79 Å². The Hall–Kier alpha value is -2.11. The molecule has 2 aromatic heterocycles. The molecule has 0 unspecified atom stereocenters. The number of hydrogen-bond acceptors (Lipinski definition) is 4. The van der Waals surface area contributed by atoms with E-state index < -0.39 is 0 Å². The van der Waals surface area contributed by atoms with Crippen LogP contribution >= 0.6 is 0 Å². The lowest BCUT2D eigenvalue weighted by Gasteiger charge is -2.13. The van der Waals surface area contributed by atoms with Crippen LogP contribution in [0.1, 0.15) is 44.1 Å². The van der Waals surface area contributed by atoms with Crippen molar-refractivity contribution in [2.75, 3.05) is 7.11 Å². The van der Waals surface area contributed by atoms with Gasteiger partial charge >= 0.3 is 0 Å². The Bertz CT molecular complexity index is 656. The van der Waals surface area contributed by atoms with Gasteiger partial charge in [-0.1, -0.05) is 13.8 Å². The zero-order chi connectivity index (χ0) is 15.4. The maximum atomic E-state index is 12.1. The highest BCUT2D eigenvalue weighted by atomic mass is 16.5. The Balaban J connectivity index is 2.29. The third-order valence-electron chi connectivity index (χ3n) is 3.58. The minimum atomic E-state index is -0.128. The summed E-state index contributed by atoms with van der Waals surface area (Å²) < 4.78 is 8.65. The van der Waals surface area contributed by atoms with Crippen molar-refractivity contribution in [1.82, 2.24) is 19.3 Å². The fourth-order valence-corrected chi connectivity index (χ4v) is 2.39. The van der Waals surface area contributed by atoms with Gasteiger partial charge in [0.1, 0.15) is 0 Å². The molecule has 0 saturated carbocycles. The highest BCUT2D eigenvalue weighted by molar-refractivity contribution is 5.10. The summed E-state index contributed by atoms with van der Waals surface area (Å²) in [6.45, 7) is 6.43. The summed E-state index contributed by atoms with van der Waals surface area (Å²) in [7, 11) is 1.51. The lowest BCUT2D eigenvalue weighted by molar-refractivity contribution is 0.348. The van der Waals surface area contributed by atoms with Gasteiger partial charge < -0.3 is 4.74 Å². The van der Waals surface area contributed by atoms with E-state index in [1.54, 1.807) is 6.92 Å². The Kier molecular flexibility index (Phi) is 4.77. The number of hydrogen-bond donors (Lipinski definition) is 0. The average molecular weight is 290 g/mol. The molecule has 0 aliphatic carbocycles. The molecule has 0 N–H and O–H groups in total. The third kappa shape index (κ3) is 3.32. The molecular formula is C15H22N4O2. The van der Waals surface area contributed by atoms with Crippen molar-refractivity contribution in [2.24, 2.45) is 0 Å². The molecule has 0 amide bonds. The molecule has 0 spiro atoms. The summed E-state index contributed by atoms with van der Waals surface area (Å²) >= 11 is 0. The molecule has 0 aliphatic heterocycles. The maximum absolute atomic E-state index is 12.1. The Morgan fingerprint density at radius 2 is 2.05 bits per heavy atom. The molecule has 6 heteroatoms. The first kappa shape index (κ1) is 15.3. The van der Waals surface area contributed by atoms with Gasteiger partial charge in [0.25, 0.3) is 11.6 Å². The molecule has 0 aromatic carbocycles. The van der Waals surface area contributed by atoms with Gasteiger partial charge in [0.15, 0.2) is 0 Å². The summed E-state index contributed by atoms with van der Waals surface area (Å²) in [4.78, 5) is 16.3. The van der Waals surface area contributed by atoms with E-state index in [-0.39, 0.29) is 5.56 Å². The number of aromatic nitrogens is 4. The van der Waals surface area contributed by atoms with Crippen molar-refractivity contribution < 1.29 is 4.74 Å². The van der Waals surface area contributed by atoms with Crippen LogP contribution in [-0.2, 0) is 6.54 Å². The zero-order valence-corrected chi connectivity index (χ0v) is 13.0. The summed E-state index contributed by atoms with van der Waals surface area (Å²) in [6.07, 6.45) is 4.03. The van der Waals surface area contributed by atoms with Gasteiger partial charge in [0.2, 0.25) is 0 Å². The Morgan fingerprint density at radius 3 is 2.67 bits per heavy atom. The number of nitrogens with zero attached hydrogens (tertiary/aromatic N) is 4. The second-order valence-corrected chi connectivity index (χ2v) is 5.07. The van der Waals surface area contributed by atoms with Crippen molar-refractivity contribution in [3.8, 4) is 6.01 Å². The largest absolute Gasteiger partial charge is 0.468 e. The zero-order valence-electron chi connectivity index (χ0n) is 13.0. The molecule has 0 bridgehead atoms. The van der Waals surface area contributed by atoms with Crippen LogP contribution in [0.4, 0.5) is 0 Å². The molecule has 2 rings (SSSR count). The Morgan fingerprint density at radius 1 is 1.33 bits per heavy atom. The minimum Gasteiger partial charge on any atom is -0.468 e. The van der Waals surface area contributed by atoms with Crippen molar-refractivity contribution in [1.29, 1.82) is 0 Å². The molecule has 6 nitrogen and oxygen atoms in total. The fourth-order valence-electron chi connectivity index (χ4n) is 2.39. The summed E-state index contributed by atoms with van der Waals surface area (Å²) in [5.41, 5.74) is 1.35. The number of methoxy groups -OCH3 is 1.